The molecule has 0 unspecified atom stereocenters. The van der Waals surface area contributed by atoms with Crippen molar-refractivity contribution in [3.8, 4) is 11.5 Å². The van der Waals surface area contributed by atoms with E-state index in [0.29, 0.717) is 6.61 Å². The molecule has 0 heterocycles. The van der Waals surface area contributed by atoms with Crippen LogP contribution in [0.1, 0.15) is 5.56 Å². The van der Waals surface area contributed by atoms with Crippen LogP contribution in [0.3, 0.4) is 0 Å². The van der Waals surface area contributed by atoms with Gasteiger partial charge < -0.3 is 9.84 Å². The minimum atomic E-state index is 0.286. The molecule has 4 heteroatoms. The quantitative estimate of drug-likeness (QED) is 0.251. The molecule has 0 aromatic heterocycles. The number of hydrogen-bond acceptors (Lipinski definition) is 2. The lowest BCUT2D eigenvalue weighted by molar-refractivity contribution is 0.305. The Labute approximate surface area is 198 Å². The summed E-state index contributed by atoms with van der Waals surface area (Å²) in [6.07, 6.45) is 0. The van der Waals surface area contributed by atoms with Crippen LogP contribution in [0.4, 0.5) is 0 Å². The van der Waals surface area contributed by atoms with Crippen molar-refractivity contribution in [2.24, 2.45) is 0 Å². The second-order valence-electron chi connectivity index (χ2n) is 6.99. The summed E-state index contributed by atoms with van der Waals surface area (Å²) in [5.41, 5.74) is 1.17. The summed E-state index contributed by atoms with van der Waals surface area (Å²) in [6, 6.07) is 34.0. The van der Waals surface area contributed by atoms with E-state index in [0.717, 1.165) is 25.5 Å². The largest absolute Gasteiger partial charge is 0.507 e. The maximum Gasteiger partial charge on any atom is 0.134 e. The molecule has 0 spiro atoms. The summed E-state index contributed by atoms with van der Waals surface area (Å²) in [7, 11) is 0. The number of benzene rings is 5. The molecule has 5 aromatic rings. The highest BCUT2D eigenvalue weighted by Crippen LogP contribution is 2.33. The first-order valence-electron chi connectivity index (χ1n) is 9.83. The predicted molar refractivity (Wildman–Crippen MR) is 136 cm³/mol. The van der Waals surface area contributed by atoms with Crippen molar-refractivity contribution in [3.05, 3.63) is 118 Å². The Morgan fingerprint density at radius 1 is 0.581 bits per heavy atom. The van der Waals surface area contributed by atoms with Gasteiger partial charge >= 0.3 is 0 Å². The molecular weight excluding hydrogens is 516 g/mol. The highest BCUT2D eigenvalue weighted by Gasteiger charge is 2.06. The number of fused-ring (bicyclic) bond motifs is 2. The van der Waals surface area contributed by atoms with Gasteiger partial charge in [-0.3, -0.25) is 0 Å². The van der Waals surface area contributed by atoms with Crippen molar-refractivity contribution in [1.29, 1.82) is 0 Å². The first-order valence-corrected chi connectivity index (χ1v) is 11.4. The van der Waals surface area contributed by atoms with Crippen LogP contribution >= 0.6 is 31.9 Å². The average Bonchev–Trinajstić information content (AvgIpc) is 2.82. The second kappa shape index (κ2) is 9.99. The topological polar surface area (TPSA) is 29.5 Å². The third-order valence-corrected chi connectivity index (χ3v) is 6.56. The van der Waals surface area contributed by atoms with E-state index in [1.165, 1.54) is 16.3 Å². The molecule has 5 aromatic carbocycles. The van der Waals surface area contributed by atoms with E-state index in [4.69, 9.17) is 4.74 Å². The van der Waals surface area contributed by atoms with Gasteiger partial charge in [-0.25, -0.2) is 0 Å². The van der Waals surface area contributed by atoms with E-state index >= 15 is 0 Å². The summed E-state index contributed by atoms with van der Waals surface area (Å²) < 4.78 is 7.66. The summed E-state index contributed by atoms with van der Waals surface area (Å²) in [4.78, 5) is 0. The van der Waals surface area contributed by atoms with Gasteiger partial charge in [0, 0.05) is 0 Å². The minimum absolute atomic E-state index is 0.286. The normalized spacial score (nSPS) is 10.5. The first-order chi connectivity index (χ1) is 15.1. The fourth-order valence-corrected chi connectivity index (χ4v) is 4.38. The Bertz CT molecular complexity index is 1320. The van der Waals surface area contributed by atoms with Gasteiger partial charge in [0.2, 0.25) is 0 Å². The monoisotopic (exact) mass is 534 g/mol. The molecule has 0 aliphatic carbocycles. The number of phenolic OH excluding ortho intramolecular Hbond substituents is 1. The predicted octanol–water partition coefficient (Wildman–Crippen LogP) is 8.49. The minimum Gasteiger partial charge on any atom is -0.507 e. The molecule has 0 saturated heterocycles. The standard InChI is InChI=1S/C17H13BrO.C10H7BrO/c18-17-15-9-5-4-8-14(15)10-11-16(17)19-12-13-6-2-1-3-7-13;11-10-8-4-2-1-3-7(8)5-6-9(10)12/h1-11H,12H2;1-6,12H. The Morgan fingerprint density at radius 3 is 1.81 bits per heavy atom. The van der Waals surface area contributed by atoms with Crippen LogP contribution in [0.5, 0.6) is 11.5 Å². The molecule has 154 valence electrons. The van der Waals surface area contributed by atoms with Crippen LogP contribution in [0, 0.1) is 0 Å². The molecule has 0 fully saturated rings. The summed E-state index contributed by atoms with van der Waals surface area (Å²) in [5, 5.41) is 13.9. The van der Waals surface area contributed by atoms with Gasteiger partial charge in [0.15, 0.2) is 0 Å². The van der Waals surface area contributed by atoms with Crippen LogP contribution in [-0.4, -0.2) is 5.11 Å². The van der Waals surface area contributed by atoms with E-state index in [2.05, 4.69) is 62.2 Å². The average molecular weight is 536 g/mol. The van der Waals surface area contributed by atoms with Crippen LogP contribution in [-0.2, 0) is 6.61 Å². The fraction of sp³-hybridized carbons (Fsp3) is 0.0370. The Kier molecular flexibility index (Phi) is 6.90. The fourth-order valence-electron chi connectivity index (χ4n) is 3.28. The first kappa shape index (κ1) is 21.4. The van der Waals surface area contributed by atoms with Crippen molar-refractivity contribution in [1.82, 2.24) is 0 Å². The van der Waals surface area contributed by atoms with Crippen molar-refractivity contribution in [3.63, 3.8) is 0 Å². The maximum atomic E-state index is 9.37. The molecule has 0 atom stereocenters. The summed E-state index contributed by atoms with van der Waals surface area (Å²) in [6.45, 7) is 0.581. The van der Waals surface area contributed by atoms with Crippen LogP contribution in [0.25, 0.3) is 21.5 Å². The molecule has 31 heavy (non-hydrogen) atoms. The van der Waals surface area contributed by atoms with Crippen LogP contribution in [0.15, 0.2) is 112 Å². The van der Waals surface area contributed by atoms with Gasteiger partial charge in [0.25, 0.3) is 0 Å². The summed E-state index contributed by atoms with van der Waals surface area (Å²) >= 11 is 6.96. The van der Waals surface area contributed by atoms with E-state index in [1.54, 1.807) is 6.07 Å². The Morgan fingerprint density at radius 2 is 1.13 bits per heavy atom. The number of aromatic hydroxyl groups is 1. The third-order valence-electron chi connectivity index (χ3n) is 4.91. The van der Waals surface area contributed by atoms with Gasteiger partial charge in [0.05, 0.1) is 8.95 Å². The molecule has 0 radical (unpaired) electrons. The second-order valence-corrected chi connectivity index (χ2v) is 8.58. The number of rotatable bonds is 3. The molecule has 0 amide bonds. The van der Waals surface area contributed by atoms with Gasteiger partial charge in [0.1, 0.15) is 18.1 Å². The Balaban J connectivity index is 0.000000166. The smallest absolute Gasteiger partial charge is 0.134 e. The lowest BCUT2D eigenvalue weighted by Gasteiger charge is -2.10. The van der Waals surface area contributed by atoms with Gasteiger partial charge in [-0.05, 0) is 71.1 Å². The molecule has 0 aliphatic heterocycles. The molecule has 5 rings (SSSR count). The maximum absolute atomic E-state index is 9.37. The lowest BCUT2D eigenvalue weighted by Crippen LogP contribution is -1.95. The van der Waals surface area contributed by atoms with Gasteiger partial charge in [-0.15, -0.1) is 0 Å². The molecule has 0 bridgehead atoms. The zero-order valence-corrected chi connectivity index (χ0v) is 19.8. The van der Waals surface area contributed by atoms with E-state index < -0.39 is 0 Å². The lowest BCUT2D eigenvalue weighted by atomic mass is 10.1. The van der Waals surface area contributed by atoms with Crippen molar-refractivity contribution < 1.29 is 9.84 Å². The van der Waals surface area contributed by atoms with Crippen molar-refractivity contribution >= 4 is 53.4 Å². The number of hydrogen-bond donors (Lipinski definition) is 1. The molecule has 0 aliphatic rings. The zero-order chi connectivity index (χ0) is 21.6. The Hall–Kier alpha value is -2.82. The van der Waals surface area contributed by atoms with E-state index in [-0.39, 0.29) is 5.75 Å². The SMILES string of the molecule is Brc1c(OCc2ccccc2)ccc2ccccc12.Oc1ccc2ccccc2c1Br. The van der Waals surface area contributed by atoms with E-state index in [9.17, 15) is 5.11 Å². The summed E-state index contributed by atoms with van der Waals surface area (Å²) in [5.74, 6) is 1.16. The van der Waals surface area contributed by atoms with Crippen LogP contribution in [0.2, 0.25) is 0 Å². The molecular formula is C27H20Br2O2. The molecule has 2 nitrogen and oxygen atoms in total. The number of ether oxygens (including phenoxy) is 1. The molecule has 1 N–H and O–H groups in total. The third kappa shape index (κ3) is 5.09. The number of halogens is 2. The van der Waals surface area contributed by atoms with Crippen molar-refractivity contribution in [2.45, 2.75) is 6.61 Å². The van der Waals surface area contributed by atoms with Crippen molar-refractivity contribution in [2.75, 3.05) is 0 Å². The van der Waals surface area contributed by atoms with E-state index in [1.807, 2.05) is 66.7 Å². The highest BCUT2D eigenvalue weighted by molar-refractivity contribution is 9.11. The van der Waals surface area contributed by atoms with Gasteiger partial charge in [-0.1, -0.05) is 91.0 Å². The highest BCUT2D eigenvalue weighted by atomic mass is 79.9. The number of phenols is 1. The zero-order valence-electron chi connectivity index (χ0n) is 16.6. The van der Waals surface area contributed by atoms with Crippen LogP contribution < -0.4 is 4.74 Å². The molecule has 0 saturated carbocycles. The van der Waals surface area contributed by atoms with Gasteiger partial charge in [-0.2, -0.15) is 0 Å².